The Morgan fingerprint density at radius 1 is 1.22 bits per heavy atom. The zero-order valence-corrected chi connectivity index (χ0v) is 13.2. The summed E-state index contributed by atoms with van der Waals surface area (Å²) in [5.41, 5.74) is 2.83. The summed E-state index contributed by atoms with van der Waals surface area (Å²) in [6.07, 6.45) is 2.35. The molecule has 23 heavy (non-hydrogen) atoms. The van der Waals surface area contributed by atoms with E-state index in [1.54, 1.807) is 17.0 Å². The van der Waals surface area contributed by atoms with E-state index in [2.05, 4.69) is 10.3 Å². The van der Waals surface area contributed by atoms with Gasteiger partial charge in [0, 0.05) is 30.0 Å². The summed E-state index contributed by atoms with van der Waals surface area (Å²) in [7, 11) is 0. The smallest absolute Gasteiger partial charge is 0.276 e. The fourth-order valence-electron chi connectivity index (χ4n) is 2.72. The Hall–Kier alpha value is -2.69. The van der Waals surface area contributed by atoms with Crippen molar-refractivity contribution < 1.29 is 9.59 Å². The van der Waals surface area contributed by atoms with Crippen molar-refractivity contribution in [2.75, 3.05) is 11.4 Å². The van der Waals surface area contributed by atoms with Crippen LogP contribution in [0.4, 0.5) is 5.69 Å². The number of rotatable bonds is 3. The number of pyridine rings is 1. The van der Waals surface area contributed by atoms with E-state index < -0.39 is 0 Å². The van der Waals surface area contributed by atoms with Crippen molar-refractivity contribution >= 4 is 17.5 Å². The molecule has 0 radical (unpaired) electrons. The van der Waals surface area contributed by atoms with E-state index in [-0.39, 0.29) is 23.6 Å². The maximum absolute atomic E-state index is 12.7. The van der Waals surface area contributed by atoms with Gasteiger partial charge in [0.25, 0.3) is 11.8 Å². The lowest BCUT2D eigenvalue weighted by Crippen LogP contribution is -2.32. The van der Waals surface area contributed by atoms with Gasteiger partial charge in [0.05, 0.1) is 0 Å². The second kappa shape index (κ2) is 6.20. The number of amides is 2. The van der Waals surface area contributed by atoms with Crippen LogP contribution in [0.1, 0.15) is 40.3 Å². The summed E-state index contributed by atoms with van der Waals surface area (Å²) in [6, 6.07) is 11.1. The summed E-state index contributed by atoms with van der Waals surface area (Å²) in [6.45, 7) is 4.43. The number of benzene rings is 1. The van der Waals surface area contributed by atoms with Crippen molar-refractivity contribution in [3.8, 4) is 0 Å². The maximum Gasteiger partial charge on any atom is 0.276 e. The molecule has 0 bridgehead atoms. The molecule has 0 fully saturated rings. The third-order valence-electron chi connectivity index (χ3n) is 3.79. The van der Waals surface area contributed by atoms with Gasteiger partial charge in [-0.1, -0.05) is 18.2 Å². The van der Waals surface area contributed by atoms with Crippen LogP contribution < -0.4 is 10.2 Å². The molecule has 5 heteroatoms. The third-order valence-corrected chi connectivity index (χ3v) is 3.79. The first kappa shape index (κ1) is 15.2. The largest absolute Gasteiger partial charge is 0.350 e. The summed E-state index contributed by atoms with van der Waals surface area (Å²) in [5, 5.41) is 2.82. The SMILES string of the molecule is CC(C)NC(=O)c1ccnc(C(=O)N2CCc3ccccc32)c1. The summed E-state index contributed by atoms with van der Waals surface area (Å²) in [4.78, 5) is 30.7. The quantitative estimate of drug-likeness (QED) is 0.947. The molecule has 0 spiro atoms. The molecular formula is C18H19N3O2. The molecule has 5 nitrogen and oxygen atoms in total. The van der Waals surface area contributed by atoms with Crippen LogP contribution in [0, 0.1) is 0 Å². The van der Waals surface area contributed by atoms with Gasteiger partial charge in [-0.2, -0.15) is 0 Å². The van der Waals surface area contributed by atoms with Crippen molar-refractivity contribution in [3.63, 3.8) is 0 Å². The molecule has 118 valence electrons. The molecule has 0 saturated heterocycles. The Morgan fingerprint density at radius 3 is 2.78 bits per heavy atom. The predicted molar refractivity (Wildman–Crippen MR) is 88.7 cm³/mol. The Kier molecular flexibility index (Phi) is 4.10. The second-order valence-corrected chi connectivity index (χ2v) is 5.89. The molecule has 0 saturated carbocycles. The molecule has 1 aliphatic rings. The lowest BCUT2D eigenvalue weighted by molar-refractivity contribution is 0.0943. The molecule has 2 amide bonds. The Bertz CT molecular complexity index is 755. The number of carbonyl (C=O) groups excluding carboxylic acids is 2. The fraction of sp³-hybridized carbons (Fsp3) is 0.278. The average Bonchev–Trinajstić information content (AvgIpc) is 2.97. The van der Waals surface area contributed by atoms with Crippen LogP contribution in [-0.4, -0.2) is 29.4 Å². The van der Waals surface area contributed by atoms with Gasteiger partial charge in [0.2, 0.25) is 0 Å². The zero-order valence-electron chi connectivity index (χ0n) is 13.2. The van der Waals surface area contributed by atoms with E-state index in [1.165, 1.54) is 6.20 Å². The number of para-hydroxylation sites is 1. The van der Waals surface area contributed by atoms with Crippen molar-refractivity contribution in [2.45, 2.75) is 26.3 Å². The number of anilines is 1. The molecule has 0 unspecified atom stereocenters. The van der Waals surface area contributed by atoms with Crippen molar-refractivity contribution in [1.29, 1.82) is 0 Å². The van der Waals surface area contributed by atoms with E-state index in [0.29, 0.717) is 12.1 Å². The summed E-state index contributed by atoms with van der Waals surface area (Å²) < 4.78 is 0. The van der Waals surface area contributed by atoms with E-state index in [9.17, 15) is 9.59 Å². The van der Waals surface area contributed by atoms with Crippen LogP contribution >= 0.6 is 0 Å². The van der Waals surface area contributed by atoms with Crippen molar-refractivity contribution in [3.05, 3.63) is 59.4 Å². The number of aromatic nitrogens is 1. The number of nitrogens with one attached hydrogen (secondary N) is 1. The van der Waals surface area contributed by atoms with Gasteiger partial charge in [0.1, 0.15) is 5.69 Å². The Morgan fingerprint density at radius 2 is 2.00 bits per heavy atom. The molecule has 2 aromatic rings. The number of carbonyl (C=O) groups is 2. The van der Waals surface area contributed by atoms with Crippen LogP contribution in [0.2, 0.25) is 0 Å². The minimum atomic E-state index is -0.196. The van der Waals surface area contributed by atoms with Gasteiger partial charge in [-0.3, -0.25) is 14.6 Å². The van der Waals surface area contributed by atoms with Crippen LogP contribution in [0.15, 0.2) is 42.6 Å². The Balaban J connectivity index is 1.85. The first-order valence-corrected chi connectivity index (χ1v) is 7.73. The van der Waals surface area contributed by atoms with Gasteiger partial charge in [0.15, 0.2) is 0 Å². The minimum Gasteiger partial charge on any atom is -0.350 e. The topological polar surface area (TPSA) is 62.3 Å². The lowest BCUT2D eigenvalue weighted by Gasteiger charge is -2.17. The fourth-order valence-corrected chi connectivity index (χ4v) is 2.72. The molecule has 0 atom stereocenters. The molecule has 1 aromatic carbocycles. The number of hydrogen-bond donors (Lipinski definition) is 1. The third kappa shape index (κ3) is 3.08. The Labute approximate surface area is 135 Å². The monoisotopic (exact) mass is 309 g/mol. The molecule has 2 heterocycles. The normalized spacial score (nSPS) is 13.1. The number of fused-ring (bicyclic) bond motifs is 1. The molecule has 3 rings (SSSR count). The predicted octanol–water partition coefficient (Wildman–Crippen LogP) is 2.42. The highest BCUT2D eigenvalue weighted by molar-refractivity contribution is 6.07. The van der Waals surface area contributed by atoms with Crippen LogP contribution in [0.5, 0.6) is 0 Å². The first-order chi connectivity index (χ1) is 11.1. The van der Waals surface area contributed by atoms with Gasteiger partial charge in [-0.15, -0.1) is 0 Å². The average molecular weight is 309 g/mol. The van der Waals surface area contributed by atoms with E-state index in [1.807, 2.05) is 38.1 Å². The number of hydrogen-bond acceptors (Lipinski definition) is 3. The molecule has 1 aromatic heterocycles. The van der Waals surface area contributed by atoms with Crippen LogP contribution in [0.25, 0.3) is 0 Å². The molecule has 0 aliphatic carbocycles. The molecular weight excluding hydrogens is 290 g/mol. The lowest BCUT2D eigenvalue weighted by atomic mass is 10.1. The first-order valence-electron chi connectivity index (χ1n) is 7.73. The molecule has 1 aliphatic heterocycles. The van der Waals surface area contributed by atoms with Crippen LogP contribution in [0.3, 0.4) is 0 Å². The van der Waals surface area contributed by atoms with Crippen molar-refractivity contribution in [2.24, 2.45) is 0 Å². The highest BCUT2D eigenvalue weighted by atomic mass is 16.2. The zero-order chi connectivity index (χ0) is 16.4. The highest BCUT2D eigenvalue weighted by Crippen LogP contribution is 2.28. The number of nitrogens with zero attached hydrogens (tertiary/aromatic N) is 2. The van der Waals surface area contributed by atoms with Gasteiger partial charge in [-0.05, 0) is 44.0 Å². The van der Waals surface area contributed by atoms with Crippen molar-refractivity contribution in [1.82, 2.24) is 10.3 Å². The summed E-state index contributed by atoms with van der Waals surface area (Å²) in [5.74, 6) is -0.368. The van der Waals surface area contributed by atoms with Gasteiger partial charge in [-0.25, -0.2) is 0 Å². The van der Waals surface area contributed by atoms with Gasteiger partial charge < -0.3 is 10.2 Å². The standard InChI is InChI=1S/C18H19N3O2/c1-12(2)20-17(22)14-7-9-19-15(11-14)18(23)21-10-8-13-5-3-4-6-16(13)21/h3-7,9,11-12H,8,10H2,1-2H3,(H,20,22). The second-order valence-electron chi connectivity index (χ2n) is 5.89. The summed E-state index contributed by atoms with van der Waals surface area (Å²) >= 11 is 0. The van der Waals surface area contributed by atoms with E-state index in [0.717, 1.165) is 17.7 Å². The highest BCUT2D eigenvalue weighted by Gasteiger charge is 2.26. The van der Waals surface area contributed by atoms with Crippen LogP contribution in [-0.2, 0) is 6.42 Å². The van der Waals surface area contributed by atoms with Gasteiger partial charge >= 0.3 is 0 Å². The van der Waals surface area contributed by atoms with E-state index in [4.69, 9.17) is 0 Å². The molecule has 1 N–H and O–H groups in total. The van der Waals surface area contributed by atoms with E-state index >= 15 is 0 Å². The maximum atomic E-state index is 12.7. The minimum absolute atomic E-state index is 0.0419.